The normalized spacial score (nSPS) is 14.8. The van der Waals surface area contributed by atoms with E-state index in [0.29, 0.717) is 49.1 Å². The number of ether oxygens (including phenoxy) is 3. The zero-order valence-electron chi connectivity index (χ0n) is 19.8. The largest absolute Gasteiger partial charge is 0.493 e. The van der Waals surface area contributed by atoms with Crippen molar-refractivity contribution in [2.45, 2.75) is 50.9 Å². The fourth-order valence-corrected chi connectivity index (χ4v) is 3.95. The molecule has 0 amide bonds. The maximum atomic E-state index is 12.9. The van der Waals surface area contributed by atoms with Crippen molar-refractivity contribution in [2.24, 2.45) is 0 Å². The van der Waals surface area contributed by atoms with E-state index >= 15 is 0 Å². The van der Waals surface area contributed by atoms with Gasteiger partial charge >= 0.3 is 6.18 Å². The molecule has 1 aromatic carbocycles. The van der Waals surface area contributed by atoms with E-state index < -0.39 is 11.7 Å². The average Bonchev–Trinajstić information content (AvgIpc) is 2.87. The smallest absolute Gasteiger partial charge is 0.416 e. The summed E-state index contributed by atoms with van der Waals surface area (Å²) in [4.78, 5) is 16.3. The lowest BCUT2D eigenvalue weighted by Crippen LogP contribution is -2.34. The van der Waals surface area contributed by atoms with Crippen LogP contribution in [0.25, 0.3) is 10.9 Å². The number of nitrogens with one attached hydrogen (secondary N) is 1. The predicted octanol–water partition coefficient (Wildman–Crippen LogP) is 5.10. The molecule has 0 spiro atoms. The highest BCUT2D eigenvalue weighted by molar-refractivity contribution is 5.85. The first-order valence-corrected chi connectivity index (χ1v) is 12.0. The van der Waals surface area contributed by atoms with Gasteiger partial charge in [-0.05, 0) is 56.4 Å². The van der Waals surface area contributed by atoms with Gasteiger partial charge < -0.3 is 23.9 Å². The van der Waals surface area contributed by atoms with E-state index in [4.69, 9.17) is 18.6 Å². The molecule has 0 aliphatic carbocycles. The number of unbranched alkanes of at least 4 members (excludes halogenated alkanes) is 2. The Morgan fingerprint density at radius 1 is 1.00 bits per heavy atom. The van der Waals surface area contributed by atoms with Gasteiger partial charge in [-0.2, -0.15) is 13.2 Å². The molecule has 7 nitrogen and oxygen atoms in total. The molecule has 0 bridgehead atoms. The highest BCUT2D eigenvalue weighted by Gasteiger charge is 2.30. The Kier molecular flexibility index (Phi) is 8.82. The molecule has 36 heavy (non-hydrogen) atoms. The van der Waals surface area contributed by atoms with Gasteiger partial charge in [0.05, 0.1) is 30.8 Å². The van der Waals surface area contributed by atoms with E-state index in [1.807, 2.05) is 0 Å². The Bertz CT molecular complexity index is 1190. The highest BCUT2D eigenvalue weighted by atomic mass is 19.4. The number of alkyl halides is 3. The van der Waals surface area contributed by atoms with Crippen LogP contribution < -0.4 is 20.2 Å². The minimum Gasteiger partial charge on any atom is -0.493 e. The van der Waals surface area contributed by atoms with Gasteiger partial charge in [0.2, 0.25) is 11.2 Å². The number of aromatic nitrogens is 1. The minimum absolute atomic E-state index is 0.183. The zero-order chi connectivity index (χ0) is 25.4. The summed E-state index contributed by atoms with van der Waals surface area (Å²) in [6.45, 7) is 2.73. The minimum atomic E-state index is -4.42. The number of hydrogen-bond acceptors (Lipinski definition) is 7. The van der Waals surface area contributed by atoms with Crippen molar-refractivity contribution in [3.8, 4) is 11.5 Å². The Morgan fingerprint density at radius 2 is 1.75 bits per heavy atom. The molecule has 0 atom stereocenters. The van der Waals surface area contributed by atoms with Crippen molar-refractivity contribution >= 4 is 10.9 Å². The van der Waals surface area contributed by atoms with Crippen LogP contribution in [0.2, 0.25) is 0 Å². The second-order valence-corrected chi connectivity index (χ2v) is 8.64. The molecule has 194 valence electrons. The van der Waals surface area contributed by atoms with Gasteiger partial charge in [-0.15, -0.1) is 0 Å². The van der Waals surface area contributed by atoms with E-state index in [0.717, 1.165) is 51.0 Å². The molecule has 1 fully saturated rings. The third-order valence-corrected chi connectivity index (χ3v) is 5.97. The number of benzene rings is 1. The zero-order valence-corrected chi connectivity index (χ0v) is 19.8. The summed E-state index contributed by atoms with van der Waals surface area (Å²) < 4.78 is 60.9. The summed E-state index contributed by atoms with van der Waals surface area (Å²) in [6, 6.07) is 6.88. The lowest BCUT2D eigenvalue weighted by Gasteiger charge is -2.22. The molecule has 0 unspecified atom stereocenters. The third-order valence-electron chi connectivity index (χ3n) is 5.97. The first-order valence-electron chi connectivity index (χ1n) is 12.0. The summed E-state index contributed by atoms with van der Waals surface area (Å²) in [6.07, 6.45) is 2.48. The lowest BCUT2D eigenvalue weighted by molar-refractivity contribution is -0.137. The van der Waals surface area contributed by atoms with Gasteiger partial charge in [0.1, 0.15) is 17.8 Å². The number of hydrogen-bond donors (Lipinski definition) is 1. The van der Waals surface area contributed by atoms with Gasteiger partial charge in [-0.1, -0.05) is 0 Å². The Labute approximate surface area is 206 Å². The Hall–Kier alpha value is -3.11. The van der Waals surface area contributed by atoms with Crippen LogP contribution in [0.3, 0.4) is 0 Å². The van der Waals surface area contributed by atoms with Crippen LogP contribution in [0, 0.1) is 0 Å². The van der Waals surface area contributed by atoms with E-state index in [9.17, 15) is 18.0 Å². The molecule has 1 aliphatic heterocycles. The molecule has 1 N–H and O–H groups in total. The molecule has 1 saturated heterocycles. The second-order valence-electron chi connectivity index (χ2n) is 8.64. The van der Waals surface area contributed by atoms with Crippen LogP contribution in [-0.4, -0.2) is 37.5 Å². The summed E-state index contributed by atoms with van der Waals surface area (Å²) >= 11 is 0. The summed E-state index contributed by atoms with van der Waals surface area (Å²) in [5.74, 6) is 1.24. The Morgan fingerprint density at radius 3 is 2.47 bits per heavy atom. The molecule has 0 radical (unpaired) electrons. The molecule has 0 saturated carbocycles. The lowest BCUT2D eigenvalue weighted by atomic mass is 10.1. The molecule has 3 heterocycles. The first kappa shape index (κ1) is 26.0. The van der Waals surface area contributed by atoms with Crippen LogP contribution in [0.15, 0.2) is 52.0 Å². The highest BCUT2D eigenvalue weighted by Crippen LogP contribution is 2.33. The number of rotatable bonds is 11. The molecular weight excluding hydrogens is 477 g/mol. The predicted molar refractivity (Wildman–Crippen MR) is 127 cm³/mol. The Balaban J connectivity index is 1.16. The topological polar surface area (TPSA) is 82.8 Å². The first-order chi connectivity index (χ1) is 17.4. The second kappa shape index (κ2) is 12.2. The van der Waals surface area contributed by atoms with Crippen LogP contribution in [0.4, 0.5) is 13.2 Å². The van der Waals surface area contributed by atoms with Crippen LogP contribution in [0.5, 0.6) is 11.5 Å². The van der Waals surface area contributed by atoms with Crippen LogP contribution >= 0.6 is 0 Å². The van der Waals surface area contributed by atoms with E-state index in [1.54, 1.807) is 6.07 Å². The quantitative estimate of drug-likeness (QED) is 0.362. The standard InChI is InChI=1S/C26H29F3N2O5/c27-26(28,29)18-4-5-21-22(14-18)30-9-6-24(21)34-10-2-1-3-11-35-25-17-36-20(15-23(25)32)16-31-19-7-12-33-13-8-19/h4-6,9,14-15,17,19,31H,1-3,7-8,10-13,16H2. The van der Waals surface area contributed by atoms with Crippen molar-refractivity contribution < 1.29 is 31.8 Å². The van der Waals surface area contributed by atoms with Gasteiger partial charge in [-0.3, -0.25) is 9.78 Å². The van der Waals surface area contributed by atoms with Crippen molar-refractivity contribution in [1.29, 1.82) is 0 Å². The maximum absolute atomic E-state index is 12.9. The van der Waals surface area contributed by atoms with Gasteiger partial charge in [0, 0.05) is 36.9 Å². The number of pyridine rings is 1. The van der Waals surface area contributed by atoms with Crippen molar-refractivity contribution in [2.75, 3.05) is 26.4 Å². The fraction of sp³-hybridized carbons (Fsp3) is 0.462. The van der Waals surface area contributed by atoms with Gasteiger partial charge in [0.15, 0.2) is 0 Å². The van der Waals surface area contributed by atoms with Crippen molar-refractivity contribution in [3.63, 3.8) is 0 Å². The molecule has 1 aliphatic rings. The van der Waals surface area contributed by atoms with E-state index in [-0.39, 0.29) is 16.7 Å². The molecule has 4 rings (SSSR count). The van der Waals surface area contributed by atoms with Gasteiger partial charge in [-0.25, -0.2) is 0 Å². The van der Waals surface area contributed by atoms with E-state index in [2.05, 4.69) is 10.3 Å². The monoisotopic (exact) mass is 506 g/mol. The van der Waals surface area contributed by atoms with Gasteiger partial charge in [0.25, 0.3) is 0 Å². The third kappa shape index (κ3) is 7.20. The maximum Gasteiger partial charge on any atom is 0.416 e. The van der Waals surface area contributed by atoms with Crippen molar-refractivity contribution in [1.82, 2.24) is 10.3 Å². The number of nitrogens with zero attached hydrogens (tertiary/aromatic N) is 1. The average molecular weight is 507 g/mol. The summed E-state index contributed by atoms with van der Waals surface area (Å²) in [5, 5.41) is 3.91. The SMILES string of the molecule is O=c1cc(CNC2CCOCC2)occ1OCCCCCOc1ccnc2cc(C(F)(F)F)ccc12. The molecule has 3 aromatic rings. The summed E-state index contributed by atoms with van der Waals surface area (Å²) in [7, 11) is 0. The van der Waals surface area contributed by atoms with Crippen molar-refractivity contribution in [3.05, 3.63) is 64.3 Å². The summed E-state index contributed by atoms with van der Waals surface area (Å²) in [5.41, 5.74) is -0.721. The van der Waals surface area contributed by atoms with Crippen LogP contribution in [-0.2, 0) is 17.5 Å². The number of halogens is 3. The molecule has 10 heteroatoms. The van der Waals surface area contributed by atoms with E-state index in [1.165, 1.54) is 24.6 Å². The molecular formula is C26H29F3N2O5. The van der Waals surface area contributed by atoms with Crippen LogP contribution in [0.1, 0.15) is 43.4 Å². The molecule has 2 aromatic heterocycles. The fourth-order valence-electron chi connectivity index (χ4n) is 3.95. The number of fused-ring (bicyclic) bond motifs is 1.